The topological polar surface area (TPSA) is 23.6 Å². The number of benzene rings is 2. The predicted molar refractivity (Wildman–Crippen MR) is 96.7 cm³/mol. The van der Waals surface area contributed by atoms with Crippen LogP contribution in [-0.4, -0.2) is 41.9 Å². The van der Waals surface area contributed by atoms with Crippen molar-refractivity contribution in [2.75, 3.05) is 26.2 Å². The molecule has 0 aliphatic carbocycles. The second kappa shape index (κ2) is 7.64. The number of amides is 1. The smallest absolute Gasteiger partial charge is 0.255 e. The van der Waals surface area contributed by atoms with Gasteiger partial charge in [0, 0.05) is 42.2 Å². The highest BCUT2D eigenvalue weighted by Gasteiger charge is 2.23. The SMILES string of the molecule is O=C(c1ccccc1Br)N1CCN(Cc2ccc(F)cc2Cl)CC1. The molecule has 24 heavy (non-hydrogen) atoms. The number of rotatable bonds is 3. The summed E-state index contributed by atoms with van der Waals surface area (Å²) in [5, 5.41) is 0.446. The maximum absolute atomic E-state index is 13.1. The molecule has 1 aliphatic rings. The molecule has 2 aromatic carbocycles. The van der Waals surface area contributed by atoms with Crippen molar-refractivity contribution in [3.63, 3.8) is 0 Å². The van der Waals surface area contributed by atoms with Crippen LogP contribution < -0.4 is 0 Å². The molecule has 0 bridgehead atoms. The Morgan fingerprint density at radius 2 is 1.83 bits per heavy atom. The molecule has 2 aromatic rings. The van der Waals surface area contributed by atoms with Crippen LogP contribution in [0.25, 0.3) is 0 Å². The van der Waals surface area contributed by atoms with Crippen molar-refractivity contribution in [1.82, 2.24) is 9.80 Å². The molecule has 0 atom stereocenters. The van der Waals surface area contributed by atoms with E-state index in [2.05, 4.69) is 20.8 Å². The van der Waals surface area contributed by atoms with Crippen LogP contribution in [0.15, 0.2) is 46.9 Å². The van der Waals surface area contributed by atoms with Crippen LogP contribution in [0.5, 0.6) is 0 Å². The van der Waals surface area contributed by atoms with Gasteiger partial charge in [-0.3, -0.25) is 9.69 Å². The first-order valence-electron chi connectivity index (χ1n) is 7.74. The van der Waals surface area contributed by atoms with E-state index in [0.29, 0.717) is 30.2 Å². The third-order valence-electron chi connectivity index (χ3n) is 4.17. The van der Waals surface area contributed by atoms with E-state index in [4.69, 9.17) is 11.6 Å². The molecule has 0 N–H and O–H groups in total. The van der Waals surface area contributed by atoms with Crippen LogP contribution in [-0.2, 0) is 6.54 Å². The molecule has 3 nitrogen and oxygen atoms in total. The number of carbonyl (C=O) groups excluding carboxylic acids is 1. The van der Waals surface area contributed by atoms with Crippen LogP contribution in [0.3, 0.4) is 0 Å². The van der Waals surface area contributed by atoms with Crippen molar-refractivity contribution >= 4 is 33.4 Å². The monoisotopic (exact) mass is 410 g/mol. The molecule has 1 saturated heterocycles. The Balaban J connectivity index is 1.60. The first-order chi connectivity index (χ1) is 11.5. The van der Waals surface area contributed by atoms with Crippen molar-refractivity contribution in [1.29, 1.82) is 0 Å². The number of hydrogen-bond acceptors (Lipinski definition) is 2. The third kappa shape index (κ3) is 3.97. The fraction of sp³-hybridized carbons (Fsp3) is 0.278. The van der Waals surface area contributed by atoms with Gasteiger partial charge in [0.2, 0.25) is 0 Å². The highest BCUT2D eigenvalue weighted by atomic mass is 79.9. The Bertz CT molecular complexity index is 748. The number of nitrogens with zero attached hydrogens (tertiary/aromatic N) is 2. The standard InChI is InChI=1S/C18H17BrClFN2O/c19-16-4-2-1-3-15(16)18(24)23-9-7-22(8-10-23)12-13-5-6-14(21)11-17(13)20/h1-6,11H,7-10,12H2. The summed E-state index contributed by atoms with van der Waals surface area (Å²) in [6.45, 7) is 3.53. The molecular weight excluding hydrogens is 395 g/mol. The van der Waals surface area contributed by atoms with Gasteiger partial charge in [-0.15, -0.1) is 0 Å². The van der Waals surface area contributed by atoms with Crippen LogP contribution in [0.2, 0.25) is 5.02 Å². The fourth-order valence-corrected chi connectivity index (χ4v) is 3.49. The zero-order valence-corrected chi connectivity index (χ0v) is 15.4. The average molecular weight is 412 g/mol. The predicted octanol–water partition coefficient (Wildman–Crippen LogP) is 4.20. The second-order valence-corrected chi connectivity index (χ2v) is 7.05. The van der Waals surface area contributed by atoms with Gasteiger partial charge in [0.1, 0.15) is 5.82 Å². The van der Waals surface area contributed by atoms with E-state index in [1.165, 1.54) is 12.1 Å². The van der Waals surface area contributed by atoms with Gasteiger partial charge in [0.15, 0.2) is 0 Å². The summed E-state index contributed by atoms with van der Waals surface area (Å²) in [6.07, 6.45) is 0. The highest BCUT2D eigenvalue weighted by molar-refractivity contribution is 9.10. The molecular formula is C18H17BrClFN2O. The van der Waals surface area contributed by atoms with Gasteiger partial charge in [0.05, 0.1) is 5.56 Å². The van der Waals surface area contributed by atoms with Crippen molar-refractivity contribution in [2.24, 2.45) is 0 Å². The van der Waals surface area contributed by atoms with E-state index in [-0.39, 0.29) is 11.7 Å². The lowest BCUT2D eigenvalue weighted by Crippen LogP contribution is -2.48. The molecule has 6 heteroatoms. The summed E-state index contributed by atoms with van der Waals surface area (Å²) in [5.74, 6) is -0.283. The Labute approximate surface area is 154 Å². The number of carbonyl (C=O) groups is 1. The summed E-state index contributed by atoms with van der Waals surface area (Å²) < 4.78 is 13.9. The quantitative estimate of drug-likeness (QED) is 0.756. The molecule has 0 unspecified atom stereocenters. The summed E-state index contributed by atoms with van der Waals surface area (Å²) in [5.41, 5.74) is 1.59. The normalized spacial score (nSPS) is 15.5. The Morgan fingerprint density at radius 1 is 1.12 bits per heavy atom. The summed E-state index contributed by atoms with van der Waals surface area (Å²) in [4.78, 5) is 16.7. The van der Waals surface area contributed by atoms with E-state index in [0.717, 1.165) is 23.1 Å². The number of halogens is 3. The molecule has 0 spiro atoms. The zero-order chi connectivity index (χ0) is 17.1. The zero-order valence-electron chi connectivity index (χ0n) is 13.0. The van der Waals surface area contributed by atoms with Crippen molar-refractivity contribution in [2.45, 2.75) is 6.54 Å². The maximum atomic E-state index is 13.1. The van der Waals surface area contributed by atoms with Gasteiger partial charge < -0.3 is 4.90 Å². The second-order valence-electron chi connectivity index (χ2n) is 5.78. The molecule has 0 saturated carbocycles. The van der Waals surface area contributed by atoms with Gasteiger partial charge in [-0.2, -0.15) is 0 Å². The lowest BCUT2D eigenvalue weighted by molar-refractivity contribution is 0.0627. The first-order valence-corrected chi connectivity index (χ1v) is 8.92. The Morgan fingerprint density at radius 3 is 2.50 bits per heavy atom. The number of hydrogen-bond donors (Lipinski definition) is 0. The molecule has 0 radical (unpaired) electrons. The first kappa shape index (κ1) is 17.4. The molecule has 1 amide bonds. The van der Waals surface area contributed by atoms with E-state index >= 15 is 0 Å². The van der Waals surface area contributed by atoms with E-state index in [1.807, 2.05) is 29.2 Å². The largest absolute Gasteiger partial charge is 0.336 e. The molecule has 0 aromatic heterocycles. The molecule has 3 rings (SSSR count). The molecule has 1 fully saturated rings. The fourth-order valence-electron chi connectivity index (χ4n) is 2.80. The Hall–Kier alpha value is -1.43. The lowest BCUT2D eigenvalue weighted by Gasteiger charge is -2.35. The van der Waals surface area contributed by atoms with Crippen LogP contribution in [0, 0.1) is 5.82 Å². The van der Waals surface area contributed by atoms with Crippen molar-refractivity contribution in [3.8, 4) is 0 Å². The Kier molecular flexibility index (Phi) is 5.54. The van der Waals surface area contributed by atoms with Crippen LogP contribution >= 0.6 is 27.5 Å². The van der Waals surface area contributed by atoms with Gasteiger partial charge in [-0.25, -0.2) is 4.39 Å². The highest BCUT2D eigenvalue weighted by Crippen LogP contribution is 2.21. The summed E-state index contributed by atoms with van der Waals surface area (Å²) in [6, 6.07) is 11.9. The van der Waals surface area contributed by atoms with Crippen LogP contribution in [0.1, 0.15) is 15.9 Å². The van der Waals surface area contributed by atoms with Crippen molar-refractivity contribution in [3.05, 3.63) is 68.9 Å². The minimum atomic E-state index is -0.326. The number of piperazine rings is 1. The van der Waals surface area contributed by atoms with Crippen LogP contribution in [0.4, 0.5) is 4.39 Å². The minimum absolute atomic E-state index is 0.0435. The third-order valence-corrected chi connectivity index (χ3v) is 5.22. The molecule has 1 heterocycles. The van der Waals surface area contributed by atoms with Gasteiger partial charge >= 0.3 is 0 Å². The average Bonchev–Trinajstić information content (AvgIpc) is 2.58. The molecule has 1 aliphatic heterocycles. The van der Waals surface area contributed by atoms with Crippen molar-refractivity contribution < 1.29 is 9.18 Å². The van der Waals surface area contributed by atoms with Gasteiger partial charge in [-0.1, -0.05) is 29.8 Å². The van der Waals surface area contributed by atoms with Gasteiger partial charge in [0.25, 0.3) is 5.91 Å². The summed E-state index contributed by atoms with van der Waals surface area (Å²) >= 11 is 9.52. The minimum Gasteiger partial charge on any atom is -0.336 e. The van der Waals surface area contributed by atoms with E-state index < -0.39 is 0 Å². The molecule has 126 valence electrons. The summed E-state index contributed by atoms with van der Waals surface area (Å²) in [7, 11) is 0. The van der Waals surface area contributed by atoms with E-state index in [1.54, 1.807) is 6.07 Å². The van der Waals surface area contributed by atoms with Gasteiger partial charge in [-0.05, 0) is 45.8 Å². The maximum Gasteiger partial charge on any atom is 0.255 e. The lowest BCUT2D eigenvalue weighted by atomic mass is 10.1. The van der Waals surface area contributed by atoms with E-state index in [9.17, 15) is 9.18 Å².